The van der Waals surface area contributed by atoms with E-state index in [1.807, 2.05) is 0 Å². The van der Waals surface area contributed by atoms with Gasteiger partial charge in [0.05, 0.1) is 13.0 Å². The van der Waals surface area contributed by atoms with E-state index in [1.165, 1.54) is 0 Å². The molecule has 0 aromatic rings. The molecule has 0 saturated carbocycles. The van der Waals surface area contributed by atoms with Gasteiger partial charge in [-0.1, -0.05) is 32.6 Å². The summed E-state index contributed by atoms with van der Waals surface area (Å²) in [5.74, 6) is -1.75. The molecule has 110 valence electrons. The molecule has 0 bridgehead atoms. The average Bonchev–Trinajstić information content (AvgIpc) is 2.60. The Balaban J connectivity index is 2.39. The van der Waals surface area contributed by atoms with Gasteiger partial charge in [-0.05, 0) is 6.42 Å². The monoisotopic (exact) mass is 293 g/mol. The Morgan fingerprint density at radius 1 is 1.26 bits per heavy atom. The van der Waals surface area contributed by atoms with Crippen LogP contribution in [-0.2, 0) is 24.5 Å². The second-order valence-corrected chi connectivity index (χ2v) is 6.08. The van der Waals surface area contributed by atoms with Gasteiger partial charge in [-0.2, -0.15) is 13.5 Å². The fourth-order valence-corrected chi connectivity index (χ4v) is 2.52. The van der Waals surface area contributed by atoms with Gasteiger partial charge >= 0.3 is 0 Å². The third-order valence-electron chi connectivity index (χ3n) is 2.89. The Morgan fingerprint density at radius 2 is 1.89 bits per heavy atom. The highest BCUT2D eigenvalue weighted by atomic mass is 32.2. The first-order valence-electron chi connectivity index (χ1n) is 6.34. The molecule has 1 rings (SSSR count). The van der Waals surface area contributed by atoms with E-state index in [0.29, 0.717) is 11.5 Å². The summed E-state index contributed by atoms with van der Waals surface area (Å²) in [4.78, 5) is 28.0. The fourth-order valence-electron chi connectivity index (χ4n) is 1.81. The normalized spacial score (nSPS) is 20.3. The van der Waals surface area contributed by atoms with Crippen molar-refractivity contribution in [2.45, 2.75) is 50.7 Å². The molecule has 7 nitrogen and oxygen atoms in total. The molecule has 1 N–H and O–H groups in total. The Labute approximate surface area is 112 Å². The van der Waals surface area contributed by atoms with Crippen molar-refractivity contribution in [3.05, 3.63) is 0 Å². The van der Waals surface area contributed by atoms with Gasteiger partial charge in [-0.25, -0.2) is 0 Å². The van der Waals surface area contributed by atoms with Crippen LogP contribution in [-0.4, -0.2) is 41.7 Å². The number of carbonyl (C=O) groups excluding carboxylic acids is 2. The Kier molecular flexibility index (Phi) is 5.89. The topological polar surface area (TPSA) is 101 Å². The molecule has 0 radical (unpaired) electrons. The van der Waals surface area contributed by atoms with Crippen molar-refractivity contribution in [2.75, 3.05) is 6.61 Å². The molecule has 0 spiro atoms. The minimum atomic E-state index is -4.55. The number of nitrogens with zero attached hydrogens (tertiary/aromatic N) is 1. The lowest BCUT2D eigenvalue weighted by Gasteiger charge is -2.13. The third kappa shape index (κ3) is 4.55. The van der Waals surface area contributed by atoms with Crippen molar-refractivity contribution in [3.63, 3.8) is 0 Å². The average molecular weight is 293 g/mol. The second-order valence-electron chi connectivity index (χ2n) is 4.48. The van der Waals surface area contributed by atoms with Crippen LogP contribution in [0.5, 0.6) is 0 Å². The Hall–Kier alpha value is -0.990. The lowest BCUT2D eigenvalue weighted by Crippen LogP contribution is -2.35. The zero-order valence-corrected chi connectivity index (χ0v) is 11.7. The van der Waals surface area contributed by atoms with Crippen LogP contribution >= 0.6 is 0 Å². The SMILES string of the molecule is CCCCCCCON1C(=O)CC(S(=O)(=O)O)C1=O. The van der Waals surface area contributed by atoms with E-state index in [4.69, 9.17) is 9.39 Å². The molecule has 2 amide bonds. The van der Waals surface area contributed by atoms with Crippen LogP contribution in [0.15, 0.2) is 0 Å². The molecular formula is C11H19NO6S. The molecule has 1 unspecified atom stereocenters. The van der Waals surface area contributed by atoms with Crippen LogP contribution in [0.25, 0.3) is 0 Å². The number of rotatable bonds is 8. The third-order valence-corrected chi connectivity index (χ3v) is 3.98. The molecule has 0 aliphatic carbocycles. The highest BCUT2D eigenvalue weighted by molar-refractivity contribution is 7.87. The quantitative estimate of drug-likeness (QED) is 0.405. The smallest absolute Gasteiger partial charge is 0.277 e. The summed E-state index contributed by atoms with van der Waals surface area (Å²) in [6.07, 6.45) is 4.33. The van der Waals surface area contributed by atoms with Crippen LogP contribution in [0.3, 0.4) is 0 Å². The summed E-state index contributed by atoms with van der Waals surface area (Å²) < 4.78 is 30.6. The van der Waals surface area contributed by atoms with Gasteiger partial charge < -0.3 is 0 Å². The maximum atomic E-state index is 11.6. The molecule has 8 heteroatoms. The highest BCUT2D eigenvalue weighted by Crippen LogP contribution is 2.19. The largest absolute Gasteiger partial charge is 0.285 e. The number of unbranched alkanes of at least 4 members (excludes halogenated alkanes) is 4. The van der Waals surface area contributed by atoms with Gasteiger partial charge in [-0.3, -0.25) is 19.0 Å². The van der Waals surface area contributed by atoms with Crippen LogP contribution in [0.2, 0.25) is 0 Å². The van der Waals surface area contributed by atoms with Crippen molar-refractivity contribution in [1.82, 2.24) is 5.06 Å². The first-order chi connectivity index (χ1) is 8.88. The maximum Gasteiger partial charge on any atom is 0.277 e. The summed E-state index contributed by atoms with van der Waals surface area (Å²) in [6.45, 7) is 2.27. The van der Waals surface area contributed by atoms with Gasteiger partial charge in [-0.15, -0.1) is 0 Å². The van der Waals surface area contributed by atoms with Gasteiger partial charge in [0.1, 0.15) is 0 Å². The molecule has 19 heavy (non-hydrogen) atoms. The number of imide groups is 1. The van der Waals surface area contributed by atoms with E-state index < -0.39 is 33.6 Å². The summed E-state index contributed by atoms with van der Waals surface area (Å²) >= 11 is 0. The number of hydroxylamine groups is 2. The predicted octanol–water partition coefficient (Wildman–Crippen LogP) is 0.904. The molecular weight excluding hydrogens is 274 g/mol. The van der Waals surface area contributed by atoms with Gasteiger partial charge in [0.2, 0.25) is 0 Å². The first-order valence-corrected chi connectivity index (χ1v) is 7.84. The van der Waals surface area contributed by atoms with E-state index in [9.17, 15) is 18.0 Å². The predicted molar refractivity (Wildman–Crippen MR) is 66.5 cm³/mol. The zero-order valence-electron chi connectivity index (χ0n) is 10.9. The number of hydrogen-bond acceptors (Lipinski definition) is 5. The summed E-state index contributed by atoms with van der Waals surface area (Å²) in [7, 11) is -4.55. The van der Waals surface area contributed by atoms with E-state index in [-0.39, 0.29) is 6.61 Å². The molecule has 1 heterocycles. The van der Waals surface area contributed by atoms with E-state index in [2.05, 4.69) is 6.92 Å². The van der Waals surface area contributed by atoms with Crippen molar-refractivity contribution in [2.24, 2.45) is 0 Å². The van der Waals surface area contributed by atoms with Crippen molar-refractivity contribution >= 4 is 21.9 Å². The van der Waals surface area contributed by atoms with E-state index in [0.717, 1.165) is 25.7 Å². The van der Waals surface area contributed by atoms with Crippen LogP contribution in [0.4, 0.5) is 0 Å². The standard InChI is InChI=1S/C11H19NO6S/c1-2-3-4-5-6-7-18-12-10(13)8-9(11(12)14)19(15,16)17/h9H,2-8H2,1H3,(H,15,16,17). The molecule has 0 aromatic heterocycles. The molecule has 1 aliphatic heterocycles. The van der Waals surface area contributed by atoms with Gasteiger partial charge in [0, 0.05) is 0 Å². The van der Waals surface area contributed by atoms with Crippen LogP contribution < -0.4 is 0 Å². The van der Waals surface area contributed by atoms with Crippen molar-refractivity contribution in [1.29, 1.82) is 0 Å². The fraction of sp³-hybridized carbons (Fsp3) is 0.818. The van der Waals surface area contributed by atoms with E-state index in [1.54, 1.807) is 0 Å². The molecule has 1 aliphatic rings. The first kappa shape index (κ1) is 16.1. The number of amides is 2. The molecule has 1 atom stereocenters. The van der Waals surface area contributed by atoms with E-state index >= 15 is 0 Å². The minimum absolute atomic E-state index is 0.180. The van der Waals surface area contributed by atoms with Crippen LogP contribution in [0, 0.1) is 0 Å². The summed E-state index contributed by atoms with van der Waals surface area (Å²) in [5.41, 5.74) is 0. The Bertz CT molecular complexity index is 432. The molecule has 0 aromatic carbocycles. The second kappa shape index (κ2) is 6.97. The summed E-state index contributed by atoms with van der Waals surface area (Å²) in [5, 5.41) is -1.27. The number of hydrogen-bond donors (Lipinski definition) is 1. The zero-order chi connectivity index (χ0) is 14.5. The van der Waals surface area contributed by atoms with Gasteiger partial charge in [0.25, 0.3) is 21.9 Å². The summed E-state index contributed by atoms with van der Waals surface area (Å²) in [6, 6.07) is 0. The highest BCUT2D eigenvalue weighted by Gasteiger charge is 2.46. The lowest BCUT2D eigenvalue weighted by molar-refractivity contribution is -0.187. The number of carbonyl (C=O) groups is 2. The maximum absolute atomic E-state index is 11.6. The van der Waals surface area contributed by atoms with Gasteiger partial charge in [0.15, 0.2) is 5.25 Å². The Morgan fingerprint density at radius 3 is 2.42 bits per heavy atom. The van der Waals surface area contributed by atoms with Crippen molar-refractivity contribution in [3.8, 4) is 0 Å². The lowest BCUT2D eigenvalue weighted by atomic mass is 10.2. The van der Waals surface area contributed by atoms with Crippen molar-refractivity contribution < 1.29 is 27.4 Å². The molecule has 1 fully saturated rings. The minimum Gasteiger partial charge on any atom is -0.285 e. The van der Waals surface area contributed by atoms with Crippen LogP contribution in [0.1, 0.15) is 45.4 Å². The molecule has 1 saturated heterocycles.